The van der Waals surface area contributed by atoms with E-state index in [-0.39, 0.29) is 11.3 Å². The number of amides is 2. The van der Waals surface area contributed by atoms with Crippen LogP contribution in [0.1, 0.15) is 27.2 Å². The van der Waals surface area contributed by atoms with E-state index in [2.05, 4.69) is 29.1 Å². The summed E-state index contributed by atoms with van der Waals surface area (Å²) in [6.45, 7) is 7.78. The zero-order valence-corrected chi connectivity index (χ0v) is 15.2. The molecule has 0 aliphatic rings. The molecule has 1 heterocycles. The van der Waals surface area contributed by atoms with E-state index in [4.69, 9.17) is 0 Å². The molecule has 4 N–H and O–H groups in total. The van der Waals surface area contributed by atoms with Crippen molar-refractivity contribution in [1.29, 1.82) is 0 Å². The average Bonchev–Trinajstić information content (AvgIpc) is 2.95. The van der Waals surface area contributed by atoms with Crippen molar-refractivity contribution >= 4 is 28.4 Å². The highest BCUT2D eigenvalue weighted by atomic mass is 16.3. The van der Waals surface area contributed by atoms with Gasteiger partial charge in [0.1, 0.15) is 5.75 Å². The van der Waals surface area contributed by atoms with Crippen LogP contribution in [0.4, 0.5) is 5.69 Å². The van der Waals surface area contributed by atoms with Crippen LogP contribution < -0.4 is 10.6 Å². The summed E-state index contributed by atoms with van der Waals surface area (Å²) in [5, 5.41) is 16.5. The minimum atomic E-state index is -0.427. The quantitative estimate of drug-likeness (QED) is 0.412. The number of aromatic amines is 1. The molecule has 0 saturated carbocycles. The number of carbonyl (C=O) groups excluding carboxylic acids is 2. The van der Waals surface area contributed by atoms with Gasteiger partial charge in [-0.05, 0) is 61.4 Å². The Kier molecular flexibility index (Phi) is 4.98. The molecule has 1 aromatic heterocycles. The van der Waals surface area contributed by atoms with Gasteiger partial charge in [-0.25, -0.2) is 0 Å². The fourth-order valence-corrected chi connectivity index (χ4v) is 2.88. The highest BCUT2D eigenvalue weighted by molar-refractivity contribution is 6.02. The van der Waals surface area contributed by atoms with Gasteiger partial charge in [0.15, 0.2) is 0 Å². The van der Waals surface area contributed by atoms with E-state index in [1.807, 2.05) is 25.1 Å². The molecule has 3 rings (SSSR count). The Morgan fingerprint density at radius 1 is 1.19 bits per heavy atom. The van der Waals surface area contributed by atoms with Crippen LogP contribution in [0.5, 0.6) is 5.75 Å². The molecule has 0 aliphatic carbocycles. The zero-order valence-electron chi connectivity index (χ0n) is 15.2. The van der Waals surface area contributed by atoms with E-state index < -0.39 is 11.8 Å². The van der Waals surface area contributed by atoms with Crippen molar-refractivity contribution in [3.05, 3.63) is 71.4 Å². The lowest BCUT2D eigenvalue weighted by Crippen LogP contribution is -2.23. The number of carbonyl (C=O) groups is 2. The van der Waals surface area contributed by atoms with Gasteiger partial charge in [-0.2, -0.15) is 0 Å². The van der Waals surface area contributed by atoms with Gasteiger partial charge in [0.05, 0.1) is 5.56 Å². The molecule has 0 aliphatic heterocycles. The third-order valence-corrected chi connectivity index (χ3v) is 4.52. The second kappa shape index (κ2) is 7.37. The SMILES string of the molecule is C=CC(=O)Nc1ccc(O)c(C(=O)NCc2ccc3[nH]c(C)c(C)c3c2)c1. The number of H-pyrrole nitrogens is 1. The Morgan fingerprint density at radius 3 is 2.70 bits per heavy atom. The number of benzene rings is 2. The lowest BCUT2D eigenvalue weighted by molar-refractivity contribution is -0.111. The van der Waals surface area contributed by atoms with Crippen molar-refractivity contribution in [1.82, 2.24) is 10.3 Å². The molecule has 0 unspecified atom stereocenters. The molecule has 6 heteroatoms. The van der Waals surface area contributed by atoms with Gasteiger partial charge in [-0.3, -0.25) is 9.59 Å². The molecular formula is C21H21N3O3. The van der Waals surface area contributed by atoms with E-state index in [0.717, 1.165) is 28.2 Å². The summed E-state index contributed by atoms with van der Waals surface area (Å²) in [5.41, 5.74) is 4.81. The standard InChI is InChI=1S/C21H21N3O3/c1-4-20(26)24-15-6-8-19(25)17(10-15)21(27)22-11-14-5-7-18-16(9-14)12(2)13(3)23-18/h4-10,23,25H,1,11H2,2-3H3,(H,22,27)(H,24,26). The monoisotopic (exact) mass is 363 g/mol. The first-order valence-corrected chi connectivity index (χ1v) is 8.51. The molecule has 27 heavy (non-hydrogen) atoms. The van der Waals surface area contributed by atoms with E-state index in [1.165, 1.54) is 23.8 Å². The molecule has 0 fully saturated rings. The van der Waals surface area contributed by atoms with Crippen molar-refractivity contribution in [2.75, 3.05) is 5.32 Å². The Morgan fingerprint density at radius 2 is 1.96 bits per heavy atom. The second-order valence-corrected chi connectivity index (χ2v) is 6.36. The first kappa shape index (κ1) is 18.3. The zero-order chi connectivity index (χ0) is 19.6. The lowest BCUT2D eigenvalue weighted by Gasteiger charge is -2.10. The number of aromatic nitrogens is 1. The fraction of sp³-hybridized carbons (Fsp3) is 0.143. The van der Waals surface area contributed by atoms with E-state index in [9.17, 15) is 14.7 Å². The summed E-state index contributed by atoms with van der Waals surface area (Å²) in [6, 6.07) is 10.3. The number of aromatic hydroxyl groups is 1. The van der Waals surface area contributed by atoms with E-state index in [1.54, 1.807) is 0 Å². The van der Waals surface area contributed by atoms with Crippen LogP contribution in [0.2, 0.25) is 0 Å². The van der Waals surface area contributed by atoms with Crippen LogP contribution >= 0.6 is 0 Å². The van der Waals surface area contributed by atoms with E-state index >= 15 is 0 Å². The number of anilines is 1. The predicted molar refractivity (Wildman–Crippen MR) is 106 cm³/mol. The largest absolute Gasteiger partial charge is 0.507 e. The molecule has 0 radical (unpaired) electrons. The van der Waals surface area contributed by atoms with Crippen molar-refractivity contribution < 1.29 is 14.7 Å². The van der Waals surface area contributed by atoms with Crippen LogP contribution in [0.3, 0.4) is 0 Å². The van der Waals surface area contributed by atoms with Gasteiger partial charge in [-0.1, -0.05) is 12.6 Å². The summed E-state index contributed by atoms with van der Waals surface area (Å²) in [6.07, 6.45) is 1.13. The number of hydrogen-bond donors (Lipinski definition) is 4. The predicted octanol–water partition coefficient (Wildman–Crippen LogP) is 3.54. The third kappa shape index (κ3) is 3.84. The molecule has 0 atom stereocenters. The lowest BCUT2D eigenvalue weighted by atomic mass is 10.1. The van der Waals surface area contributed by atoms with Crippen molar-refractivity contribution in [2.24, 2.45) is 0 Å². The Labute approximate surface area is 156 Å². The molecule has 0 saturated heterocycles. The molecule has 138 valence electrons. The molecule has 6 nitrogen and oxygen atoms in total. The minimum absolute atomic E-state index is 0.0895. The first-order valence-electron chi connectivity index (χ1n) is 8.51. The van der Waals surface area contributed by atoms with Crippen LogP contribution in [-0.2, 0) is 11.3 Å². The maximum Gasteiger partial charge on any atom is 0.255 e. The molecule has 0 spiro atoms. The number of aryl methyl sites for hydroxylation is 2. The van der Waals surface area contributed by atoms with Crippen molar-refractivity contribution in [2.45, 2.75) is 20.4 Å². The molecule has 0 bridgehead atoms. The summed E-state index contributed by atoms with van der Waals surface area (Å²) in [4.78, 5) is 27.2. The number of rotatable bonds is 5. The molecule has 2 aromatic carbocycles. The number of hydrogen-bond acceptors (Lipinski definition) is 3. The van der Waals surface area contributed by atoms with Crippen LogP contribution in [-0.4, -0.2) is 21.9 Å². The number of nitrogens with one attached hydrogen (secondary N) is 3. The van der Waals surface area contributed by atoms with Gasteiger partial charge in [0, 0.05) is 28.8 Å². The van der Waals surface area contributed by atoms with Crippen molar-refractivity contribution in [3.63, 3.8) is 0 Å². The summed E-state index contributed by atoms with van der Waals surface area (Å²) in [5.74, 6) is -0.974. The van der Waals surface area contributed by atoms with Crippen molar-refractivity contribution in [3.8, 4) is 5.75 Å². The van der Waals surface area contributed by atoms with Crippen LogP contribution in [0, 0.1) is 13.8 Å². The minimum Gasteiger partial charge on any atom is -0.507 e. The van der Waals surface area contributed by atoms with Gasteiger partial charge < -0.3 is 20.7 Å². The first-order chi connectivity index (χ1) is 12.9. The van der Waals surface area contributed by atoms with Crippen LogP contribution in [0.15, 0.2) is 49.1 Å². The van der Waals surface area contributed by atoms with E-state index in [0.29, 0.717) is 12.2 Å². The topological polar surface area (TPSA) is 94.2 Å². The number of phenolic OH excluding ortho intramolecular Hbond substituents is 1. The Hall–Kier alpha value is -3.54. The molecule has 3 aromatic rings. The second-order valence-electron chi connectivity index (χ2n) is 6.36. The maximum absolute atomic E-state index is 12.5. The van der Waals surface area contributed by atoms with Crippen LogP contribution in [0.25, 0.3) is 10.9 Å². The average molecular weight is 363 g/mol. The summed E-state index contributed by atoms with van der Waals surface area (Å²) < 4.78 is 0. The number of phenols is 1. The van der Waals surface area contributed by atoms with Gasteiger partial charge in [0.25, 0.3) is 5.91 Å². The number of fused-ring (bicyclic) bond motifs is 1. The Bertz CT molecular complexity index is 1050. The maximum atomic E-state index is 12.5. The third-order valence-electron chi connectivity index (χ3n) is 4.52. The fourth-order valence-electron chi connectivity index (χ4n) is 2.88. The summed E-state index contributed by atoms with van der Waals surface area (Å²) >= 11 is 0. The smallest absolute Gasteiger partial charge is 0.255 e. The molecule has 2 amide bonds. The summed E-state index contributed by atoms with van der Waals surface area (Å²) in [7, 11) is 0. The van der Waals surface area contributed by atoms with Gasteiger partial charge in [-0.15, -0.1) is 0 Å². The van der Waals surface area contributed by atoms with Gasteiger partial charge >= 0.3 is 0 Å². The normalized spacial score (nSPS) is 10.6. The molecular weight excluding hydrogens is 342 g/mol. The highest BCUT2D eigenvalue weighted by Gasteiger charge is 2.13. The van der Waals surface area contributed by atoms with Gasteiger partial charge in [0.2, 0.25) is 5.91 Å². The highest BCUT2D eigenvalue weighted by Crippen LogP contribution is 2.23. The Balaban J connectivity index is 1.75.